The van der Waals surface area contributed by atoms with Crippen molar-refractivity contribution in [2.45, 2.75) is 29.3 Å². The van der Waals surface area contributed by atoms with E-state index in [2.05, 4.69) is 0 Å². The van der Waals surface area contributed by atoms with Gasteiger partial charge in [-0.05, 0) is 25.7 Å². The average molecular weight is 556 g/mol. The number of fused-ring (bicyclic) bond motifs is 3. The van der Waals surface area contributed by atoms with Crippen molar-refractivity contribution in [1.29, 1.82) is 5.26 Å². The maximum absolute atomic E-state index is 14.2. The first kappa shape index (κ1) is 28.7. The van der Waals surface area contributed by atoms with Gasteiger partial charge in [-0.1, -0.05) is 12.1 Å². The van der Waals surface area contributed by atoms with Gasteiger partial charge in [0.25, 0.3) is 0 Å². The molecule has 15 nitrogen and oxygen atoms in total. The molecule has 2 saturated carbocycles. The first-order valence-corrected chi connectivity index (χ1v) is 11.7. The van der Waals surface area contributed by atoms with E-state index in [-0.39, 0.29) is 11.1 Å². The van der Waals surface area contributed by atoms with Gasteiger partial charge < -0.3 is 37.6 Å². The number of phenolic OH excluding ortho intramolecular Hbond substituents is 1. The number of rotatable bonds is 4. The van der Waals surface area contributed by atoms with E-state index >= 15 is 0 Å². The second kappa shape index (κ2) is 8.84. The second-order valence-electron chi connectivity index (χ2n) is 10.4. The zero-order chi connectivity index (χ0) is 30.3. The number of aromatic hydroxyl groups is 1. The molecule has 0 aromatic heterocycles. The number of hydrogen-bond donors (Lipinski definition) is 7. The van der Waals surface area contributed by atoms with Gasteiger partial charge >= 0.3 is 5.97 Å². The Labute approximate surface area is 225 Å². The molecule has 210 valence electrons. The lowest BCUT2D eigenvalue weighted by Gasteiger charge is -2.63. The van der Waals surface area contributed by atoms with E-state index in [4.69, 9.17) is 22.3 Å². The molecule has 4 rings (SSSR count). The molecule has 10 N–H and O–H groups in total. The standard InChI is InChI=1S/C25H25N5O10/c1-30(2)17-16(35)12(21(27)39)19(37)23(7-26)20(38)13-15(34)11-9(5-3-8(14(11)33)4-6-10(31)32)18(36)24(13,28)22(40)25(17,23)29/h3-6,12-13,17-18,22,33,36,40H,28-29H2,1-2H3,(H2,27,39)(H,31,32)/t12?,13?,17-,18+,22+,23+,24-,25+/m1/s1. The molecule has 3 aliphatic rings. The Bertz CT molecular complexity index is 1500. The van der Waals surface area contributed by atoms with Crippen molar-refractivity contribution in [1.82, 2.24) is 4.90 Å². The molecule has 15 heteroatoms. The molecular weight excluding hydrogens is 530 g/mol. The minimum atomic E-state index is -3.23. The number of phenols is 1. The average Bonchev–Trinajstić information content (AvgIpc) is 2.85. The molecule has 2 unspecified atom stereocenters. The third kappa shape index (κ3) is 3.10. The molecule has 0 aliphatic heterocycles. The van der Waals surface area contributed by atoms with Crippen LogP contribution in [0.2, 0.25) is 0 Å². The Kier molecular flexibility index (Phi) is 6.34. The van der Waals surface area contributed by atoms with Crippen LogP contribution in [0.4, 0.5) is 0 Å². The maximum atomic E-state index is 14.2. The summed E-state index contributed by atoms with van der Waals surface area (Å²) in [6.07, 6.45) is -3.06. The fourth-order valence-electron chi connectivity index (χ4n) is 6.49. The lowest BCUT2D eigenvalue weighted by atomic mass is 9.41. The number of primary amides is 1. The zero-order valence-electron chi connectivity index (χ0n) is 21.1. The van der Waals surface area contributed by atoms with E-state index < -0.39 is 92.9 Å². The largest absolute Gasteiger partial charge is 0.507 e. The third-order valence-electron chi connectivity index (χ3n) is 8.24. The van der Waals surface area contributed by atoms with Gasteiger partial charge in [-0.3, -0.25) is 28.9 Å². The third-order valence-corrected chi connectivity index (χ3v) is 8.24. The summed E-state index contributed by atoms with van der Waals surface area (Å²) in [6, 6.07) is 1.78. The molecule has 0 radical (unpaired) electrons. The minimum absolute atomic E-state index is 0.209. The number of nitriles is 1. The van der Waals surface area contributed by atoms with Crippen LogP contribution in [-0.2, 0) is 24.0 Å². The van der Waals surface area contributed by atoms with E-state index in [0.29, 0.717) is 6.08 Å². The van der Waals surface area contributed by atoms with Gasteiger partial charge in [0.2, 0.25) is 5.91 Å². The van der Waals surface area contributed by atoms with Gasteiger partial charge in [0.1, 0.15) is 17.8 Å². The van der Waals surface area contributed by atoms with E-state index in [1.807, 2.05) is 0 Å². The molecule has 3 aliphatic carbocycles. The highest BCUT2D eigenvalue weighted by molar-refractivity contribution is 6.33. The number of carboxylic acids is 1. The summed E-state index contributed by atoms with van der Waals surface area (Å²) < 4.78 is 0. The Morgan fingerprint density at radius 3 is 2.20 bits per heavy atom. The lowest BCUT2D eigenvalue weighted by molar-refractivity contribution is -0.188. The number of amides is 1. The predicted octanol–water partition coefficient (Wildman–Crippen LogP) is -3.63. The number of carbonyl (C=O) groups is 6. The Balaban J connectivity index is 2.08. The molecule has 40 heavy (non-hydrogen) atoms. The van der Waals surface area contributed by atoms with Crippen LogP contribution in [0.25, 0.3) is 6.08 Å². The SMILES string of the molecule is CN(C)[C@@H]1C(=O)C(C(N)=O)C(=O)[C@@]2(C#N)C(=O)C3C(=O)c4c(ccc(C=CC(=O)O)c4O)[C@H](O)[C@@]3(N)[C@H](O)[C@@]12N. The number of aliphatic hydroxyl groups excluding tert-OH is 2. The summed E-state index contributed by atoms with van der Waals surface area (Å²) >= 11 is 0. The highest BCUT2D eigenvalue weighted by Crippen LogP contribution is 2.58. The summed E-state index contributed by atoms with van der Waals surface area (Å²) in [6.45, 7) is 0. The summed E-state index contributed by atoms with van der Waals surface area (Å²) in [4.78, 5) is 79.3. The molecular formula is C25H25N5O10. The normalized spacial score (nSPS) is 37.1. The Hall–Kier alpha value is -4.33. The fourth-order valence-corrected chi connectivity index (χ4v) is 6.49. The number of nitrogens with two attached hydrogens (primary N) is 3. The molecule has 1 amide bonds. The van der Waals surface area contributed by atoms with E-state index in [0.717, 1.165) is 23.1 Å². The second-order valence-corrected chi connectivity index (χ2v) is 10.4. The van der Waals surface area contributed by atoms with Gasteiger partial charge in [0, 0.05) is 11.6 Å². The summed E-state index contributed by atoms with van der Waals surface area (Å²) in [7, 11) is 2.50. The fraction of sp³-hybridized carbons (Fsp3) is 0.400. The summed E-state index contributed by atoms with van der Waals surface area (Å²) in [5, 5.41) is 53.2. The van der Waals surface area contributed by atoms with Crippen LogP contribution in [0.15, 0.2) is 18.2 Å². The van der Waals surface area contributed by atoms with Crippen molar-refractivity contribution in [2.24, 2.45) is 34.5 Å². The molecule has 0 heterocycles. The van der Waals surface area contributed by atoms with Gasteiger partial charge in [-0.2, -0.15) is 5.26 Å². The molecule has 2 fully saturated rings. The van der Waals surface area contributed by atoms with Crippen molar-refractivity contribution in [3.63, 3.8) is 0 Å². The summed E-state index contributed by atoms with van der Waals surface area (Å²) in [5.74, 6) is -14.3. The first-order valence-electron chi connectivity index (χ1n) is 11.7. The molecule has 8 atom stereocenters. The van der Waals surface area contributed by atoms with Gasteiger partial charge in [0.15, 0.2) is 34.5 Å². The molecule has 0 bridgehead atoms. The van der Waals surface area contributed by atoms with Gasteiger partial charge in [-0.15, -0.1) is 0 Å². The number of hydrogen-bond acceptors (Lipinski definition) is 13. The van der Waals surface area contributed by atoms with Crippen LogP contribution in [0.3, 0.4) is 0 Å². The quantitative estimate of drug-likeness (QED) is 0.139. The van der Waals surface area contributed by atoms with Crippen molar-refractivity contribution < 1.29 is 49.2 Å². The van der Waals surface area contributed by atoms with E-state index in [1.54, 1.807) is 0 Å². The molecule has 1 aromatic carbocycles. The van der Waals surface area contributed by atoms with Crippen LogP contribution in [0.5, 0.6) is 5.75 Å². The number of carboxylic acid groups (broad SMARTS) is 1. The van der Waals surface area contributed by atoms with Crippen LogP contribution in [0.1, 0.15) is 27.6 Å². The number of aliphatic carboxylic acids is 1. The highest BCUT2D eigenvalue weighted by atomic mass is 16.4. The van der Waals surface area contributed by atoms with Gasteiger partial charge in [0.05, 0.1) is 34.9 Å². The smallest absolute Gasteiger partial charge is 0.328 e. The van der Waals surface area contributed by atoms with E-state index in [1.165, 1.54) is 20.2 Å². The number of nitrogens with zero attached hydrogens (tertiary/aromatic N) is 2. The predicted molar refractivity (Wildman–Crippen MR) is 131 cm³/mol. The van der Waals surface area contributed by atoms with Crippen molar-refractivity contribution in [3.8, 4) is 11.8 Å². The van der Waals surface area contributed by atoms with Crippen molar-refractivity contribution in [2.75, 3.05) is 14.1 Å². The van der Waals surface area contributed by atoms with E-state index in [9.17, 15) is 49.3 Å². The van der Waals surface area contributed by atoms with Crippen LogP contribution in [-0.4, -0.2) is 97.7 Å². The van der Waals surface area contributed by atoms with Gasteiger partial charge in [-0.25, -0.2) is 4.79 Å². The van der Waals surface area contributed by atoms with Crippen LogP contribution < -0.4 is 17.2 Å². The summed E-state index contributed by atoms with van der Waals surface area (Å²) in [5.41, 5.74) is 8.14. The number of ketones is 4. The van der Waals surface area contributed by atoms with Crippen LogP contribution >= 0.6 is 0 Å². The first-order chi connectivity index (χ1) is 18.5. The number of likely N-dealkylation sites (N-methyl/N-ethyl adjacent to an activating group) is 1. The highest BCUT2D eigenvalue weighted by Gasteiger charge is 2.83. The molecule has 0 saturated heterocycles. The Morgan fingerprint density at radius 2 is 1.70 bits per heavy atom. The monoisotopic (exact) mass is 555 g/mol. The maximum Gasteiger partial charge on any atom is 0.328 e. The topological polar surface area (TPSA) is 288 Å². The minimum Gasteiger partial charge on any atom is -0.507 e. The number of benzene rings is 1. The molecule has 0 spiro atoms. The lowest BCUT2D eigenvalue weighted by Crippen LogP contribution is -2.91. The molecule has 1 aromatic rings. The zero-order valence-corrected chi connectivity index (χ0v) is 21.1. The number of aliphatic hydroxyl groups is 2. The van der Waals surface area contributed by atoms with Crippen molar-refractivity contribution in [3.05, 3.63) is 34.9 Å². The number of Topliss-reactive ketones (excluding diaryl/α,β-unsaturated/α-hetero) is 4. The van der Waals surface area contributed by atoms with Crippen LogP contribution in [0, 0.1) is 28.6 Å². The van der Waals surface area contributed by atoms with Crippen molar-refractivity contribution >= 4 is 41.1 Å². The Morgan fingerprint density at radius 1 is 1.10 bits per heavy atom. The number of carbonyl (C=O) groups excluding carboxylic acids is 5.